The van der Waals surface area contributed by atoms with Crippen LogP contribution < -0.4 is 11.1 Å². The third kappa shape index (κ3) is 5.19. The van der Waals surface area contributed by atoms with Crippen molar-refractivity contribution in [2.24, 2.45) is 0 Å². The molecule has 120 valence electrons. The summed E-state index contributed by atoms with van der Waals surface area (Å²) in [5.74, 6) is 0. The molecule has 0 aromatic heterocycles. The number of para-hydroxylation sites is 1. The minimum absolute atomic E-state index is 0. The third-order valence-corrected chi connectivity index (χ3v) is 3.96. The van der Waals surface area contributed by atoms with Crippen LogP contribution in [0.2, 0.25) is 0 Å². The molecule has 2 aromatic carbocycles. The molecule has 0 spiro atoms. The van der Waals surface area contributed by atoms with E-state index >= 15 is 0 Å². The van der Waals surface area contributed by atoms with Crippen LogP contribution in [-0.2, 0) is 12.8 Å². The number of hydrogen-bond donors (Lipinski definition) is 1. The molecule has 0 atom stereocenters. The van der Waals surface area contributed by atoms with Gasteiger partial charge in [-0.2, -0.15) is 0 Å². The van der Waals surface area contributed by atoms with Crippen LogP contribution in [0.5, 0.6) is 0 Å². The maximum Gasteiger partial charge on any atom is 0.0398 e. The van der Waals surface area contributed by atoms with E-state index in [0.29, 0.717) is 0 Å². The first kappa shape index (κ1) is 18.2. The van der Waals surface area contributed by atoms with E-state index in [1.807, 2.05) is 0 Å². The zero-order valence-corrected chi connectivity index (χ0v) is 14.1. The minimum atomic E-state index is 0. The molecular weight excluding hydrogens is 268 g/mol. The number of nitrogens with zero attached hydrogens (tertiary/aromatic N) is 1. The number of rotatable bonds is 8. The van der Waals surface area contributed by atoms with Crippen LogP contribution in [0.4, 0.5) is 5.69 Å². The van der Waals surface area contributed by atoms with Gasteiger partial charge in [-0.1, -0.05) is 55.5 Å². The second kappa shape index (κ2) is 10.0. The summed E-state index contributed by atoms with van der Waals surface area (Å²) in [5, 5.41) is 0. The van der Waals surface area contributed by atoms with Gasteiger partial charge in [0.25, 0.3) is 0 Å². The summed E-state index contributed by atoms with van der Waals surface area (Å²) >= 11 is 0. The molecule has 0 radical (unpaired) electrons. The molecule has 0 bridgehead atoms. The van der Waals surface area contributed by atoms with Gasteiger partial charge in [-0.15, -0.1) is 0 Å². The zero-order chi connectivity index (χ0) is 14.9. The lowest BCUT2D eigenvalue weighted by atomic mass is 10.0. The smallest absolute Gasteiger partial charge is 0.0398 e. The highest BCUT2D eigenvalue weighted by Gasteiger charge is 2.08. The van der Waals surface area contributed by atoms with Crippen molar-refractivity contribution in [3.63, 3.8) is 0 Å². The highest BCUT2D eigenvalue weighted by molar-refractivity contribution is 5.53. The first-order chi connectivity index (χ1) is 10.3. The third-order valence-electron chi connectivity index (χ3n) is 3.96. The molecule has 0 amide bonds. The van der Waals surface area contributed by atoms with E-state index in [0.717, 1.165) is 25.9 Å². The predicted molar refractivity (Wildman–Crippen MR) is 98.1 cm³/mol. The summed E-state index contributed by atoms with van der Waals surface area (Å²) in [6.45, 7) is 6.73. The SMILES string of the molecule is CCCN(CC)c1ccccc1CCCc1ccccc1.N. The van der Waals surface area contributed by atoms with Gasteiger partial charge in [0.05, 0.1) is 0 Å². The number of hydrogen-bond acceptors (Lipinski definition) is 2. The summed E-state index contributed by atoms with van der Waals surface area (Å²) in [6.07, 6.45) is 4.73. The largest absolute Gasteiger partial charge is 0.372 e. The lowest BCUT2D eigenvalue weighted by Crippen LogP contribution is -2.24. The van der Waals surface area contributed by atoms with E-state index in [1.54, 1.807) is 0 Å². The van der Waals surface area contributed by atoms with E-state index in [1.165, 1.54) is 29.7 Å². The van der Waals surface area contributed by atoms with Crippen LogP contribution in [0.1, 0.15) is 37.8 Å². The molecule has 0 aliphatic rings. The quantitative estimate of drug-likeness (QED) is 0.722. The number of anilines is 1. The van der Waals surface area contributed by atoms with Crippen molar-refractivity contribution >= 4 is 5.69 Å². The van der Waals surface area contributed by atoms with Crippen LogP contribution >= 0.6 is 0 Å². The highest BCUT2D eigenvalue weighted by atomic mass is 15.1. The van der Waals surface area contributed by atoms with E-state index in [-0.39, 0.29) is 6.15 Å². The molecule has 0 saturated heterocycles. The lowest BCUT2D eigenvalue weighted by molar-refractivity contribution is 0.771. The molecule has 22 heavy (non-hydrogen) atoms. The Hall–Kier alpha value is -1.80. The van der Waals surface area contributed by atoms with Gasteiger partial charge in [0.2, 0.25) is 0 Å². The Kier molecular flexibility index (Phi) is 8.31. The average Bonchev–Trinajstić information content (AvgIpc) is 2.54. The summed E-state index contributed by atoms with van der Waals surface area (Å²) in [7, 11) is 0. The molecule has 0 fully saturated rings. The normalized spacial score (nSPS) is 10.1. The molecule has 3 N–H and O–H groups in total. The summed E-state index contributed by atoms with van der Waals surface area (Å²) in [4.78, 5) is 2.50. The molecule has 0 heterocycles. The van der Waals surface area contributed by atoms with Crippen molar-refractivity contribution in [2.75, 3.05) is 18.0 Å². The van der Waals surface area contributed by atoms with Crippen LogP contribution in [0.25, 0.3) is 0 Å². The molecule has 0 unspecified atom stereocenters. The minimum Gasteiger partial charge on any atom is -0.372 e. The maximum absolute atomic E-state index is 2.50. The Bertz CT molecular complexity index is 522. The predicted octanol–water partition coefficient (Wildman–Crippen LogP) is 5.26. The molecule has 0 aliphatic carbocycles. The summed E-state index contributed by atoms with van der Waals surface area (Å²) < 4.78 is 0. The van der Waals surface area contributed by atoms with Crippen LogP contribution in [0, 0.1) is 0 Å². The van der Waals surface area contributed by atoms with Crippen LogP contribution in [0.15, 0.2) is 54.6 Å². The molecule has 2 aromatic rings. The Morgan fingerprint density at radius 1 is 0.818 bits per heavy atom. The van der Waals surface area contributed by atoms with Crippen molar-refractivity contribution in [1.82, 2.24) is 6.15 Å². The average molecular weight is 298 g/mol. The Morgan fingerprint density at radius 2 is 1.50 bits per heavy atom. The van der Waals surface area contributed by atoms with Crippen molar-refractivity contribution in [2.45, 2.75) is 39.5 Å². The topological polar surface area (TPSA) is 38.2 Å². The molecule has 2 rings (SSSR count). The standard InChI is InChI=1S/C20H27N.H3N/c1-3-17-21(4-2)20-16-9-8-14-19(20)15-10-13-18-11-6-5-7-12-18;/h5-9,11-12,14,16H,3-4,10,13,15,17H2,1-2H3;1H3. The summed E-state index contributed by atoms with van der Waals surface area (Å²) in [5.41, 5.74) is 4.36. The van der Waals surface area contributed by atoms with Gasteiger partial charge in [0.1, 0.15) is 0 Å². The fourth-order valence-corrected chi connectivity index (χ4v) is 2.88. The van der Waals surface area contributed by atoms with E-state index < -0.39 is 0 Å². The van der Waals surface area contributed by atoms with Gasteiger partial charge in [0.15, 0.2) is 0 Å². The summed E-state index contributed by atoms with van der Waals surface area (Å²) in [6, 6.07) is 19.7. The lowest BCUT2D eigenvalue weighted by Gasteiger charge is -2.25. The van der Waals surface area contributed by atoms with Gasteiger partial charge in [-0.3, -0.25) is 0 Å². The fourth-order valence-electron chi connectivity index (χ4n) is 2.88. The van der Waals surface area contributed by atoms with Gasteiger partial charge >= 0.3 is 0 Å². The van der Waals surface area contributed by atoms with Crippen LogP contribution in [0.3, 0.4) is 0 Å². The molecule has 2 heteroatoms. The van der Waals surface area contributed by atoms with Crippen molar-refractivity contribution < 1.29 is 0 Å². The zero-order valence-electron chi connectivity index (χ0n) is 14.1. The van der Waals surface area contributed by atoms with Gasteiger partial charge < -0.3 is 11.1 Å². The Labute approximate surface area is 135 Å². The van der Waals surface area contributed by atoms with E-state index in [9.17, 15) is 0 Å². The second-order valence-electron chi connectivity index (χ2n) is 5.55. The molecular formula is C20H30N2. The fraction of sp³-hybridized carbons (Fsp3) is 0.400. The van der Waals surface area contributed by atoms with Gasteiger partial charge in [-0.25, -0.2) is 0 Å². The van der Waals surface area contributed by atoms with Crippen molar-refractivity contribution in [3.05, 3.63) is 65.7 Å². The Morgan fingerprint density at radius 3 is 2.18 bits per heavy atom. The Balaban J connectivity index is 0.00000242. The molecule has 2 nitrogen and oxygen atoms in total. The van der Waals surface area contributed by atoms with E-state index in [2.05, 4.69) is 73.3 Å². The highest BCUT2D eigenvalue weighted by Crippen LogP contribution is 2.22. The van der Waals surface area contributed by atoms with Crippen molar-refractivity contribution in [3.8, 4) is 0 Å². The van der Waals surface area contributed by atoms with E-state index in [4.69, 9.17) is 0 Å². The van der Waals surface area contributed by atoms with Gasteiger partial charge in [-0.05, 0) is 49.8 Å². The number of aryl methyl sites for hydroxylation is 2. The maximum atomic E-state index is 2.50. The second-order valence-corrected chi connectivity index (χ2v) is 5.55. The van der Waals surface area contributed by atoms with Crippen molar-refractivity contribution in [1.29, 1.82) is 0 Å². The first-order valence-electron chi connectivity index (χ1n) is 8.22. The monoisotopic (exact) mass is 298 g/mol. The van der Waals surface area contributed by atoms with Gasteiger partial charge in [0, 0.05) is 18.8 Å². The molecule has 0 saturated carbocycles. The number of benzene rings is 2. The van der Waals surface area contributed by atoms with Crippen LogP contribution in [-0.4, -0.2) is 13.1 Å². The molecule has 0 aliphatic heterocycles. The first-order valence-corrected chi connectivity index (χ1v) is 8.22.